The third-order valence-electron chi connectivity index (χ3n) is 3.68. The van der Waals surface area contributed by atoms with Crippen molar-refractivity contribution in [2.75, 3.05) is 26.0 Å². The second-order valence-electron chi connectivity index (χ2n) is 5.88. The van der Waals surface area contributed by atoms with Crippen LogP contribution in [0.15, 0.2) is 42.5 Å². The van der Waals surface area contributed by atoms with Crippen molar-refractivity contribution in [1.82, 2.24) is 4.90 Å². The van der Waals surface area contributed by atoms with Gasteiger partial charge in [0.1, 0.15) is 11.5 Å². The minimum Gasteiger partial charge on any atom is -0.494 e. The van der Waals surface area contributed by atoms with Crippen molar-refractivity contribution in [3.8, 4) is 11.5 Å². The number of non-ortho nitro benzene ring substituents is 1. The second-order valence-corrected chi connectivity index (χ2v) is 5.88. The normalized spacial score (nSPS) is 10.8. The number of carbonyl (C=O) groups is 1. The van der Waals surface area contributed by atoms with Crippen LogP contribution in [0.25, 0.3) is 0 Å². The fourth-order valence-corrected chi connectivity index (χ4v) is 2.48. The number of nitrogens with one attached hydrogen (secondary N) is 1. The number of amides is 1. The first-order valence-corrected chi connectivity index (χ1v) is 8.13. The molecule has 1 amide bonds. The Labute approximate surface area is 159 Å². The average Bonchev–Trinajstić information content (AvgIpc) is 2.62. The largest absolute Gasteiger partial charge is 0.494 e. The Morgan fingerprint density at radius 2 is 1.93 bits per heavy atom. The number of halogens is 2. The molecular formula is C18H19F2N3O5. The molecule has 0 aliphatic rings. The molecule has 0 aromatic heterocycles. The predicted octanol–water partition coefficient (Wildman–Crippen LogP) is 3.28. The number of hydrogen-bond donors (Lipinski definition) is 1. The highest BCUT2D eigenvalue weighted by Crippen LogP contribution is 2.29. The van der Waals surface area contributed by atoms with Gasteiger partial charge in [0, 0.05) is 12.6 Å². The van der Waals surface area contributed by atoms with Gasteiger partial charge in [0.15, 0.2) is 0 Å². The number of nitro groups is 1. The number of carbonyl (C=O) groups excluding carboxylic acids is 1. The Balaban J connectivity index is 1.93. The van der Waals surface area contributed by atoms with E-state index in [2.05, 4.69) is 10.1 Å². The molecule has 0 atom stereocenters. The summed E-state index contributed by atoms with van der Waals surface area (Å²) in [6.07, 6.45) is 0. The van der Waals surface area contributed by atoms with E-state index in [0.717, 1.165) is 5.56 Å². The van der Waals surface area contributed by atoms with Crippen LogP contribution in [0.3, 0.4) is 0 Å². The molecule has 8 nitrogen and oxygen atoms in total. The van der Waals surface area contributed by atoms with E-state index in [9.17, 15) is 23.7 Å². The van der Waals surface area contributed by atoms with Crippen LogP contribution in [0.4, 0.5) is 20.2 Å². The number of likely N-dealkylation sites (N-methyl/N-ethyl adjacent to an activating group) is 1. The quantitative estimate of drug-likeness (QED) is 0.517. The van der Waals surface area contributed by atoms with Crippen molar-refractivity contribution in [2.45, 2.75) is 13.2 Å². The molecule has 150 valence electrons. The number of anilines is 1. The molecule has 2 rings (SSSR count). The van der Waals surface area contributed by atoms with Gasteiger partial charge in [0.05, 0.1) is 30.3 Å². The van der Waals surface area contributed by atoms with Crippen molar-refractivity contribution < 1.29 is 28.0 Å². The second kappa shape index (κ2) is 9.60. The third-order valence-corrected chi connectivity index (χ3v) is 3.68. The minimum atomic E-state index is -2.88. The van der Waals surface area contributed by atoms with E-state index >= 15 is 0 Å². The Kier molecular flexibility index (Phi) is 7.21. The Morgan fingerprint density at radius 1 is 1.25 bits per heavy atom. The molecule has 10 heteroatoms. The zero-order valence-electron chi connectivity index (χ0n) is 15.2. The predicted molar refractivity (Wildman–Crippen MR) is 97.7 cm³/mol. The standard InChI is InChI=1S/C18H19F2N3O5/c1-22(10-12-3-6-14(7-4-12)28-18(19)20)11-17(24)21-15-8-5-13(23(25)26)9-16(15)27-2/h3-9,18H,10-11H2,1-2H3,(H,21,24). The van der Waals surface area contributed by atoms with E-state index in [0.29, 0.717) is 12.2 Å². The Bertz CT molecular complexity index is 830. The number of nitro benzene ring substituents is 1. The Morgan fingerprint density at radius 3 is 2.50 bits per heavy atom. The zero-order valence-corrected chi connectivity index (χ0v) is 15.2. The summed E-state index contributed by atoms with van der Waals surface area (Å²) >= 11 is 0. The highest BCUT2D eigenvalue weighted by atomic mass is 19.3. The molecule has 0 saturated heterocycles. The summed E-state index contributed by atoms with van der Waals surface area (Å²) in [7, 11) is 3.07. The first-order chi connectivity index (χ1) is 13.3. The van der Waals surface area contributed by atoms with Gasteiger partial charge in [0.2, 0.25) is 5.91 Å². The lowest BCUT2D eigenvalue weighted by atomic mass is 10.2. The van der Waals surface area contributed by atoms with Crippen molar-refractivity contribution in [3.05, 3.63) is 58.1 Å². The fourth-order valence-electron chi connectivity index (χ4n) is 2.48. The molecule has 2 aromatic rings. The monoisotopic (exact) mass is 395 g/mol. The van der Waals surface area contributed by atoms with E-state index in [4.69, 9.17) is 4.74 Å². The van der Waals surface area contributed by atoms with E-state index in [1.807, 2.05) is 0 Å². The highest BCUT2D eigenvalue weighted by molar-refractivity contribution is 5.93. The van der Waals surface area contributed by atoms with Crippen molar-refractivity contribution in [1.29, 1.82) is 0 Å². The van der Waals surface area contributed by atoms with Crippen LogP contribution >= 0.6 is 0 Å². The zero-order chi connectivity index (χ0) is 20.7. The van der Waals surface area contributed by atoms with Gasteiger partial charge in [-0.1, -0.05) is 12.1 Å². The van der Waals surface area contributed by atoms with Crippen molar-refractivity contribution in [3.63, 3.8) is 0 Å². The first kappa shape index (κ1) is 21.0. The molecule has 0 unspecified atom stereocenters. The van der Waals surface area contributed by atoms with Gasteiger partial charge in [-0.05, 0) is 30.8 Å². The molecule has 0 spiro atoms. The molecule has 1 N–H and O–H groups in total. The minimum absolute atomic E-state index is 0.0371. The number of alkyl halides is 2. The number of ether oxygens (including phenoxy) is 2. The number of benzene rings is 2. The van der Waals surface area contributed by atoms with Gasteiger partial charge in [0.25, 0.3) is 5.69 Å². The van der Waals surface area contributed by atoms with Gasteiger partial charge < -0.3 is 14.8 Å². The molecular weight excluding hydrogens is 376 g/mol. The van der Waals surface area contributed by atoms with Crippen molar-refractivity contribution >= 4 is 17.3 Å². The molecule has 0 heterocycles. The molecule has 28 heavy (non-hydrogen) atoms. The van der Waals surface area contributed by atoms with E-state index in [1.165, 1.54) is 37.4 Å². The maximum absolute atomic E-state index is 12.2. The summed E-state index contributed by atoms with van der Waals surface area (Å²) in [5.41, 5.74) is 0.982. The van der Waals surface area contributed by atoms with Crippen LogP contribution in [0.2, 0.25) is 0 Å². The van der Waals surface area contributed by atoms with E-state index < -0.39 is 11.5 Å². The molecule has 0 aliphatic carbocycles. The lowest BCUT2D eigenvalue weighted by Gasteiger charge is -2.17. The number of methoxy groups -OCH3 is 1. The van der Waals surface area contributed by atoms with Gasteiger partial charge in [-0.2, -0.15) is 8.78 Å². The third kappa shape index (κ3) is 6.16. The lowest BCUT2D eigenvalue weighted by Crippen LogP contribution is -2.29. The van der Waals surface area contributed by atoms with Crippen LogP contribution in [0, 0.1) is 10.1 Å². The molecule has 0 bridgehead atoms. The first-order valence-electron chi connectivity index (χ1n) is 8.13. The molecule has 0 radical (unpaired) electrons. The van der Waals surface area contributed by atoms with E-state index in [1.54, 1.807) is 24.1 Å². The summed E-state index contributed by atoms with van der Waals surface area (Å²) in [5, 5.41) is 13.4. The maximum atomic E-state index is 12.2. The number of hydrogen-bond acceptors (Lipinski definition) is 6. The van der Waals surface area contributed by atoms with Gasteiger partial charge in [-0.25, -0.2) is 0 Å². The van der Waals surface area contributed by atoms with Crippen LogP contribution < -0.4 is 14.8 Å². The van der Waals surface area contributed by atoms with Crippen LogP contribution in [0.1, 0.15) is 5.56 Å². The average molecular weight is 395 g/mol. The van der Waals surface area contributed by atoms with Gasteiger partial charge in [-0.15, -0.1) is 0 Å². The number of rotatable bonds is 9. The van der Waals surface area contributed by atoms with Crippen LogP contribution in [-0.4, -0.2) is 43.0 Å². The van der Waals surface area contributed by atoms with Crippen LogP contribution in [-0.2, 0) is 11.3 Å². The van der Waals surface area contributed by atoms with Crippen molar-refractivity contribution in [2.24, 2.45) is 0 Å². The summed E-state index contributed by atoms with van der Waals surface area (Å²) < 4.78 is 33.7. The van der Waals surface area contributed by atoms with Crippen LogP contribution in [0.5, 0.6) is 11.5 Å². The molecule has 0 fully saturated rings. The Hall–Kier alpha value is -3.27. The topological polar surface area (TPSA) is 93.9 Å². The van der Waals surface area contributed by atoms with E-state index in [-0.39, 0.29) is 29.6 Å². The summed E-state index contributed by atoms with van der Waals surface area (Å²) in [5.74, 6) is -0.100. The lowest BCUT2D eigenvalue weighted by molar-refractivity contribution is -0.384. The van der Waals surface area contributed by atoms with Gasteiger partial charge >= 0.3 is 6.61 Å². The molecule has 0 aliphatic heterocycles. The highest BCUT2D eigenvalue weighted by Gasteiger charge is 2.14. The molecule has 0 saturated carbocycles. The summed E-state index contributed by atoms with van der Waals surface area (Å²) in [6, 6.07) is 10.0. The number of nitrogens with zero attached hydrogens (tertiary/aromatic N) is 2. The van der Waals surface area contributed by atoms with Gasteiger partial charge in [-0.3, -0.25) is 19.8 Å². The summed E-state index contributed by atoms with van der Waals surface area (Å²) in [6.45, 7) is -2.44. The fraction of sp³-hybridized carbons (Fsp3) is 0.278. The SMILES string of the molecule is COc1cc([N+](=O)[O-])ccc1NC(=O)CN(C)Cc1ccc(OC(F)F)cc1. The maximum Gasteiger partial charge on any atom is 0.387 e. The summed E-state index contributed by atoms with van der Waals surface area (Å²) in [4.78, 5) is 24.2. The smallest absolute Gasteiger partial charge is 0.387 e. The molecule has 2 aromatic carbocycles.